The number of carbonyl (C=O) groups excluding carboxylic acids is 1. The number of ether oxygens (including phenoxy) is 2. The van der Waals surface area contributed by atoms with Gasteiger partial charge in [-0.05, 0) is 24.3 Å². The lowest BCUT2D eigenvalue weighted by Gasteiger charge is -2.23. The highest BCUT2D eigenvalue weighted by molar-refractivity contribution is 5.75. The van der Waals surface area contributed by atoms with Crippen molar-refractivity contribution < 1.29 is 14.3 Å². The number of methoxy groups -OCH3 is 1. The van der Waals surface area contributed by atoms with E-state index in [2.05, 4.69) is 25.9 Å². The average Bonchev–Trinajstić information content (AvgIpc) is 3.16. The standard InChI is InChI=1S/C17H22N6O3/c1-25-15-5-4-12(8-18-15)16(11-2-3-11)21-17(24)20-13-9-26-10-14(13)23-7-6-19-22-23/h4-8,11,13-14,16H,2-3,9-10H2,1H3,(H2,20,21,24)/t13-,14+,16?/m0/s1. The molecule has 2 aromatic heterocycles. The van der Waals surface area contributed by atoms with Gasteiger partial charge in [-0.3, -0.25) is 0 Å². The van der Waals surface area contributed by atoms with Crippen molar-refractivity contribution >= 4 is 6.03 Å². The molecule has 2 N–H and O–H groups in total. The molecule has 2 amide bonds. The largest absolute Gasteiger partial charge is 0.481 e. The molecule has 0 bridgehead atoms. The Kier molecular flexibility index (Phi) is 4.70. The van der Waals surface area contributed by atoms with Crippen LogP contribution in [0.1, 0.15) is 30.5 Å². The lowest BCUT2D eigenvalue weighted by molar-refractivity contribution is 0.180. The number of nitrogens with zero attached hydrogens (tertiary/aromatic N) is 4. The number of hydrogen-bond donors (Lipinski definition) is 2. The van der Waals surface area contributed by atoms with E-state index >= 15 is 0 Å². The number of nitrogens with one attached hydrogen (secondary N) is 2. The van der Waals surface area contributed by atoms with Gasteiger partial charge >= 0.3 is 6.03 Å². The van der Waals surface area contributed by atoms with Gasteiger partial charge in [0, 0.05) is 18.5 Å². The monoisotopic (exact) mass is 358 g/mol. The highest BCUT2D eigenvalue weighted by Crippen LogP contribution is 2.41. The van der Waals surface area contributed by atoms with Crippen molar-refractivity contribution in [3.05, 3.63) is 36.3 Å². The lowest BCUT2D eigenvalue weighted by atomic mass is 10.0. The fourth-order valence-electron chi connectivity index (χ4n) is 3.29. The Labute approximate surface area is 151 Å². The summed E-state index contributed by atoms with van der Waals surface area (Å²) in [5.41, 5.74) is 0.985. The molecule has 0 aromatic carbocycles. The summed E-state index contributed by atoms with van der Waals surface area (Å²) in [6.07, 6.45) is 7.37. The van der Waals surface area contributed by atoms with E-state index in [-0.39, 0.29) is 24.2 Å². The molecule has 1 aliphatic carbocycles. The van der Waals surface area contributed by atoms with Crippen LogP contribution in [-0.2, 0) is 4.74 Å². The van der Waals surface area contributed by atoms with Crippen molar-refractivity contribution in [2.24, 2.45) is 5.92 Å². The zero-order chi connectivity index (χ0) is 17.9. The first-order valence-electron chi connectivity index (χ1n) is 8.75. The summed E-state index contributed by atoms with van der Waals surface area (Å²) in [6.45, 7) is 0.957. The second-order valence-electron chi connectivity index (χ2n) is 6.66. The molecule has 9 nitrogen and oxygen atoms in total. The number of pyridine rings is 1. The average molecular weight is 358 g/mol. The fraction of sp³-hybridized carbons (Fsp3) is 0.529. The third kappa shape index (κ3) is 3.62. The molecular weight excluding hydrogens is 336 g/mol. The molecule has 0 spiro atoms. The van der Waals surface area contributed by atoms with Gasteiger partial charge in [0.05, 0.1) is 44.6 Å². The zero-order valence-electron chi connectivity index (χ0n) is 14.5. The lowest BCUT2D eigenvalue weighted by Crippen LogP contribution is -2.47. The minimum atomic E-state index is -0.210. The number of urea groups is 1. The normalized spacial score (nSPS) is 23.4. The van der Waals surface area contributed by atoms with Gasteiger partial charge in [-0.25, -0.2) is 14.5 Å². The van der Waals surface area contributed by atoms with Crippen LogP contribution in [0.25, 0.3) is 0 Å². The van der Waals surface area contributed by atoms with E-state index in [0.717, 1.165) is 18.4 Å². The molecule has 3 atom stereocenters. The summed E-state index contributed by atoms with van der Waals surface area (Å²) in [7, 11) is 1.58. The molecule has 2 aromatic rings. The van der Waals surface area contributed by atoms with Crippen LogP contribution in [0.15, 0.2) is 30.7 Å². The Morgan fingerprint density at radius 3 is 2.92 bits per heavy atom. The van der Waals surface area contributed by atoms with Crippen LogP contribution in [0.2, 0.25) is 0 Å². The van der Waals surface area contributed by atoms with Crippen molar-refractivity contribution in [2.75, 3.05) is 20.3 Å². The van der Waals surface area contributed by atoms with Gasteiger partial charge in [0.15, 0.2) is 0 Å². The first kappa shape index (κ1) is 16.8. The van der Waals surface area contributed by atoms with Crippen LogP contribution in [0.5, 0.6) is 5.88 Å². The number of aromatic nitrogens is 4. The maximum Gasteiger partial charge on any atom is 0.315 e. The van der Waals surface area contributed by atoms with Crippen LogP contribution < -0.4 is 15.4 Å². The molecule has 1 unspecified atom stereocenters. The van der Waals surface area contributed by atoms with Gasteiger partial charge in [-0.15, -0.1) is 5.10 Å². The summed E-state index contributed by atoms with van der Waals surface area (Å²) in [6, 6.07) is 3.30. The quantitative estimate of drug-likeness (QED) is 0.801. The molecule has 0 radical (unpaired) electrons. The molecule has 138 valence electrons. The van der Waals surface area contributed by atoms with Crippen LogP contribution in [0, 0.1) is 5.92 Å². The van der Waals surface area contributed by atoms with Crippen LogP contribution in [0.3, 0.4) is 0 Å². The Morgan fingerprint density at radius 2 is 2.27 bits per heavy atom. The molecular formula is C17H22N6O3. The van der Waals surface area contributed by atoms with Gasteiger partial charge in [-0.1, -0.05) is 11.3 Å². The smallest absolute Gasteiger partial charge is 0.315 e. The topological polar surface area (TPSA) is 103 Å². The summed E-state index contributed by atoms with van der Waals surface area (Å²) in [4.78, 5) is 16.8. The van der Waals surface area contributed by atoms with Gasteiger partial charge in [0.1, 0.15) is 0 Å². The molecule has 2 aliphatic rings. The van der Waals surface area contributed by atoms with E-state index in [4.69, 9.17) is 9.47 Å². The number of rotatable bonds is 6. The summed E-state index contributed by atoms with van der Waals surface area (Å²) in [5, 5.41) is 13.9. The Morgan fingerprint density at radius 1 is 1.38 bits per heavy atom. The predicted molar refractivity (Wildman–Crippen MR) is 91.6 cm³/mol. The summed E-state index contributed by atoms with van der Waals surface area (Å²) < 4.78 is 12.3. The van der Waals surface area contributed by atoms with Crippen LogP contribution in [-0.4, -0.2) is 52.4 Å². The maximum atomic E-state index is 12.6. The fourth-order valence-corrected chi connectivity index (χ4v) is 3.29. The van der Waals surface area contributed by atoms with E-state index in [0.29, 0.717) is 25.0 Å². The number of hydrogen-bond acceptors (Lipinski definition) is 6. The maximum absolute atomic E-state index is 12.6. The minimum absolute atomic E-state index is 0.0507. The van der Waals surface area contributed by atoms with Gasteiger partial charge < -0.3 is 20.1 Å². The molecule has 4 rings (SSSR count). The Bertz CT molecular complexity index is 731. The number of carbonyl (C=O) groups is 1. The van der Waals surface area contributed by atoms with E-state index in [1.165, 1.54) is 0 Å². The molecule has 2 fully saturated rings. The molecule has 1 saturated carbocycles. The second kappa shape index (κ2) is 7.28. The van der Waals surface area contributed by atoms with Crippen molar-refractivity contribution in [3.63, 3.8) is 0 Å². The summed E-state index contributed by atoms with van der Waals surface area (Å²) >= 11 is 0. The van der Waals surface area contributed by atoms with Crippen LogP contribution >= 0.6 is 0 Å². The van der Waals surface area contributed by atoms with Crippen molar-refractivity contribution in [3.8, 4) is 5.88 Å². The van der Waals surface area contributed by atoms with Gasteiger partial charge in [0.25, 0.3) is 0 Å². The Balaban J connectivity index is 1.40. The number of amides is 2. The van der Waals surface area contributed by atoms with Crippen molar-refractivity contribution in [2.45, 2.75) is 31.0 Å². The third-order valence-electron chi connectivity index (χ3n) is 4.86. The highest BCUT2D eigenvalue weighted by Gasteiger charge is 2.36. The second-order valence-corrected chi connectivity index (χ2v) is 6.66. The first-order valence-corrected chi connectivity index (χ1v) is 8.75. The zero-order valence-corrected chi connectivity index (χ0v) is 14.5. The van der Waals surface area contributed by atoms with Crippen LogP contribution in [0.4, 0.5) is 4.79 Å². The van der Waals surface area contributed by atoms with Gasteiger partial charge in [-0.2, -0.15) is 0 Å². The third-order valence-corrected chi connectivity index (χ3v) is 4.86. The van der Waals surface area contributed by atoms with Crippen molar-refractivity contribution in [1.82, 2.24) is 30.6 Å². The van der Waals surface area contributed by atoms with Crippen molar-refractivity contribution in [1.29, 1.82) is 0 Å². The molecule has 9 heteroatoms. The van der Waals surface area contributed by atoms with E-state index in [1.807, 2.05) is 12.1 Å². The Hall–Kier alpha value is -2.68. The SMILES string of the molecule is COc1ccc(C(NC(=O)N[C@H]2COC[C@H]2n2ccnn2)C2CC2)cn1. The van der Waals surface area contributed by atoms with E-state index in [1.54, 1.807) is 30.4 Å². The van der Waals surface area contributed by atoms with E-state index < -0.39 is 0 Å². The molecule has 1 saturated heterocycles. The molecule has 1 aliphatic heterocycles. The minimum Gasteiger partial charge on any atom is -0.481 e. The van der Waals surface area contributed by atoms with E-state index in [9.17, 15) is 4.79 Å². The highest BCUT2D eigenvalue weighted by atomic mass is 16.5. The molecule has 26 heavy (non-hydrogen) atoms. The molecule has 3 heterocycles. The first-order chi connectivity index (χ1) is 12.7. The van der Waals surface area contributed by atoms with Gasteiger partial charge in [0.2, 0.25) is 5.88 Å². The predicted octanol–water partition coefficient (Wildman–Crippen LogP) is 1.07. The summed E-state index contributed by atoms with van der Waals surface area (Å²) in [5.74, 6) is 1.01.